The van der Waals surface area contributed by atoms with Gasteiger partial charge in [0.05, 0.1) is 11.0 Å². The van der Waals surface area contributed by atoms with Crippen molar-refractivity contribution in [3.63, 3.8) is 0 Å². The van der Waals surface area contributed by atoms with Crippen LogP contribution in [0.2, 0.25) is 0 Å². The minimum absolute atomic E-state index is 0.0706. The van der Waals surface area contributed by atoms with E-state index in [4.69, 9.17) is 0 Å². The van der Waals surface area contributed by atoms with Crippen LogP contribution in [0.3, 0.4) is 0 Å². The molecule has 0 saturated heterocycles. The van der Waals surface area contributed by atoms with Crippen LogP contribution in [0.4, 0.5) is 11.4 Å². The van der Waals surface area contributed by atoms with Gasteiger partial charge in [-0.05, 0) is 49.6 Å². The molecule has 1 aliphatic carbocycles. The summed E-state index contributed by atoms with van der Waals surface area (Å²) in [5.74, 6) is -0.714. The third-order valence-corrected chi connectivity index (χ3v) is 7.58. The molecule has 154 valence electrons. The van der Waals surface area contributed by atoms with E-state index in [-0.39, 0.29) is 29.2 Å². The van der Waals surface area contributed by atoms with Gasteiger partial charge in [-0.15, -0.1) is 0 Å². The summed E-state index contributed by atoms with van der Waals surface area (Å²) in [5.41, 5.74) is 2.40. The van der Waals surface area contributed by atoms with Crippen molar-refractivity contribution in [3.05, 3.63) is 59.7 Å². The molecule has 1 aliphatic rings. The van der Waals surface area contributed by atoms with Crippen molar-refractivity contribution < 1.29 is 18.0 Å². The highest BCUT2D eigenvalue weighted by Crippen LogP contribution is 2.26. The number of anilines is 2. The maximum Gasteiger partial charge on any atom is 0.255 e. The van der Waals surface area contributed by atoms with Gasteiger partial charge in [-0.3, -0.25) is 9.59 Å². The van der Waals surface area contributed by atoms with E-state index in [1.165, 1.54) is 0 Å². The Morgan fingerprint density at radius 3 is 2.21 bits per heavy atom. The molecule has 2 amide bonds. The Hall–Kier alpha value is -2.67. The summed E-state index contributed by atoms with van der Waals surface area (Å²) in [7, 11) is -3.23. The Morgan fingerprint density at radius 2 is 1.55 bits per heavy atom. The molecule has 0 atom stereocenters. The zero-order valence-electron chi connectivity index (χ0n) is 16.5. The van der Waals surface area contributed by atoms with Crippen molar-refractivity contribution in [3.8, 4) is 0 Å². The molecule has 0 unspecified atom stereocenters. The fourth-order valence-corrected chi connectivity index (χ4v) is 5.41. The lowest BCUT2D eigenvalue weighted by Crippen LogP contribution is -2.24. The van der Waals surface area contributed by atoms with Crippen LogP contribution in [0.15, 0.2) is 48.5 Å². The van der Waals surface area contributed by atoms with Gasteiger partial charge in [-0.25, -0.2) is 8.42 Å². The molecule has 6 nitrogen and oxygen atoms in total. The van der Waals surface area contributed by atoms with E-state index in [2.05, 4.69) is 10.6 Å². The topological polar surface area (TPSA) is 92.3 Å². The summed E-state index contributed by atoms with van der Waals surface area (Å²) in [4.78, 5) is 24.7. The smallest absolute Gasteiger partial charge is 0.255 e. The van der Waals surface area contributed by atoms with E-state index in [0.717, 1.165) is 12.8 Å². The summed E-state index contributed by atoms with van der Waals surface area (Å²) in [5, 5.41) is 5.32. The van der Waals surface area contributed by atoms with E-state index < -0.39 is 9.84 Å². The Bertz CT molecular complexity index is 981. The molecule has 7 heteroatoms. The standard InChI is InChI=1S/C22H26N2O4S/c1-16-19(23-21(25)14-15-29(27,28)18-10-5-6-11-18)12-7-13-20(16)24-22(26)17-8-3-2-4-9-17/h2-4,7-9,12-13,18H,5-6,10-11,14-15H2,1H3,(H,23,25)(H,24,26). The van der Waals surface area contributed by atoms with Gasteiger partial charge < -0.3 is 10.6 Å². The van der Waals surface area contributed by atoms with Crippen LogP contribution >= 0.6 is 0 Å². The molecule has 1 fully saturated rings. The van der Waals surface area contributed by atoms with Gasteiger partial charge >= 0.3 is 0 Å². The molecule has 0 aromatic heterocycles. The largest absolute Gasteiger partial charge is 0.326 e. The average Bonchev–Trinajstić information content (AvgIpc) is 3.26. The predicted octanol–water partition coefficient (Wildman–Crippen LogP) is 3.93. The van der Waals surface area contributed by atoms with Crippen LogP contribution in [0.5, 0.6) is 0 Å². The zero-order valence-corrected chi connectivity index (χ0v) is 17.3. The van der Waals surface area contributed by atoms with E-state index >= 15 is 0 Å². The summed E-state index contributed by atoms with van der Waals surface area (Å²) in [6.07, 6.45) is 3.21. The molecular weight excluding hydrogens is 388 g/mol. The predicted molar refractivity (Wildman–Crippen MR) is 115 cm³/mol. The van der Waals surface area contributed by atoms with Crippen LogP contribution < -0.4 is 10.6 Å². The molecule has 1 saturated carbocycles. The lowest BCUT2D eigenvalue weighted by molar-refractivity contribution is -0.115. The minimum Gasteiger partial charge on any atom is -0.326 e. The van der Waals surface area contributed by atoms with Crippen molar-refractivity contribution in [2.75, 3.05) is 16.4 Å². The third-order valence-electron chi connectivity index (χ3n) is 5.32. The highest BCUT2D eigenvalue weighted by Gasteiger charge is 2.28. The molecule has 0 radical (unpaired) electrons. The van der Waals surface area contributed by atoms with Crippen LogP contribution in [0.25, 0.3) is 0 Å². The molecular formula is C22H26N2O4S. The van der Waals surface area contributed by atoms with Gasteiger partial charge in [0.15, 0.2) is 9.84 Å². The molecule has 0 aliphatic heterocycles. The summed E-state index contributed by atoms with van der Waals surface area (Å²) < 4.78 is 24.7. The third kappa shape index (κ3) is 5.44. The summed E-state index contributed by atoms with van der Waals surface area (Å²) in [6.45, 7) is 1.80. The van der Waals surface area contributed by atoms with Crippen LogP contribution in [0, 0.1) is 6.92 Å². The first-order valence-electron chi connectivity index (χ1n) is 9.84. The highest BCUT2D eigenvalue weighted by molar-refractivity contribution is 7.92. The number of carbonyl (C=O) groups is 2. The zero-order chi connectivity index (χ0) is 20.9. The second-order valence-corrected chi connectivity index (χ2v) is 9.77. The van der Waals surface area contributed by atoms with Crippen LogP contribution in [-0.2, 0) is 14.6 Å². The second kappa shape index (κ2) is 9.22. The highest BCUT2D eigenvalue weighted by atomic mass is 32.2. The number of hydrogen-bond donors (Lipinski definition) is 2. The quantitative estimate of drug-likeness (QED) is 0.718. The monoisotopic (exact) mass is 414 g/mol. The molecule has 2 aromatic rings. The van der Waals surface area contributed by atoms with Crippen LogP contribution in [0.1, 0.15) is 48.0 Å². The van der Waals surface area contributed by atoms with Gasteiger partial charge in [0.1, 0.15) is 0 Å². The van der Waals surface area contributed by atoms with Gasteiger partial charge in [0.2, 0.25) is 5.91 Å². The fraction of sp³-hybridized carbons (Fsp3) is 0.364. The van der Waals surface area contributed by atoms with Crippen molar-refractivity contribution in [2.45, 2.75) is 44.3 Å². The molecule has 0 heterocycles. The molecule has 2 aromatic carbocycles. The lowest BCUT2D eigenvalue weighted by Gasteiger charge is -2.14. The van der Waals surface area contributed by atoms with Crippen molar-refractivity contribution in [1.29, 1.82) is 0 Å². The summed E-state index contributed by atoms with van der Waals surface area (Å²) >= 11 is 0. The number of sulfone groups is 1. The number of benzene rings is 2. The van der Waals surface area contributed by atoms with Crippen molar-refractivity contribution >= 4 is 33.0 Å². The Kier molecular flexibility index (Phi) is 6.69. The van der Waals surface area contributed by atoms with Crippen molar-refractivity contribution in [2.24, 2.45) is 0 Å². The number of hydrogen-bond acceptors (Lipinski definition) is 4. The van der Waals surface area contributed by atoms with E-state index in [0.29, 0.717) is 35.3 Å². The fourth-order valence-electron chi connectivity index (χ4n) is 3.55. The lowest BCUT2D eigenvalue weighted by atomic mass is 10.1. The average molecular weight is 415 g/mol. The van der Waals surface area contributed by atoms with Gasteiger partial charge in [-0.2, -0.15) is 0 Å². The van der Waals surface area contributed by atoms with Gasteiger partial charge in [0.25, 0.3) is 5.91 Å². The number of amides is 2. The molecule has 29 heavy (non-hydrogen) atoms. The first-order valence-corrected chi connectivity index (χ1v) is 11.6. The van der Waals surface area contributed by atoms with E-state index in [1.54, 1.807) is 49.4 Å². The van der Waals surface area contributed by atoms with Gasteiger partial charge in [-0.1, -0.05) is 37.1 Å². The SMILES string of the molecule is Cc1c(NC(=O)CCS(=O)(=O)C2CCCC2)cccc1NC(=O)c1ccccc1. The van der Waals surface area contributed by atoms with E-state index in [9.17, 15) is 18.0 Å². The minimum atomic E-state index is -3.23. The Balaban J connectivity index is 1.61. The maximum atomic E-state index is 12.4. The number of rotatable bonds is 7. The summed E-state index contributed by atoms with van der Waals surface area (Å²) in [6, 6.07) is 14.1. The molecule has 3 rings (SSSR count). The molecule has 0 spiro atoms. The van der Waals surface area contributed by atoms with E-state index in [1.807, 2.05) is 6.07 Å². The first-order chi connectivity index (χ1) is 13.9. The number of carbonyl (C=O) groups excluding carboxylic acids is 2. The van der Waals surface area contributed by atoms with Crippen molar-refractivity contribution in [1.82, 2.24) is 0 Å². The van der Waals surface area contributed by atoms with Gasteiger partial charge in [0, 0.05) is 23.4 Å². The second-order valence-electron chi connectivity index (χ2n) is 7.37. The normalized spacial score (nSPS) is 14.5. The first kappa shape index (κ1) is 21.0. The Labute approximate surface area is 171 Å². The molecule has 2 N–H and O–H groups in total. The van der Waals surface area contributed by atoms with Crippen LogP contribution in [-0.4, -0.2) is 31.2 Å². The number of nitrogens with one attached hydrogen (secondary N) is 2. The molecule has 0 bridgehead atoms. The Morgan fingerprint density at radius 1 is 0.931 bits per heavy atom. The maximum absolute atomic E-state index is 12.4.